The fraction of sp³-hybridized carbons (Fsp3) is 0.214. The number of rotatable bonds is 7. The van der Waals surface area contributed by atoms with Gasteiger partial charge in [-0.2, -0.15) is 5.10 Å². The second-order valence-electron chi connectivity index (χ2n) is 8.73. The van der Waals surface area contributed by atoms with Crippen LogP contribution in [0.15, 0.2) is 82.4 Å². The van der Waals surface area contributed by atoms with Crippen molar-refractivity contribution in [3.8, 4) is 0 Å². The van der Waals surface area contributed by atoms with Crippen LogP contribution in [-0.2, 0) is 30.8 Å². The number of anilines is 1. The van der Waals surface area contributed by atoms with E-state index < -0.39 is 5.69 Å². The number of hydrogen-bond acceptors (Lipinski definition) is 4. The lowest BCUT2D eigenvalue weighted by atomic mass is 10.1. The normalized spacial score (nSPS) is 11.3. The molecule has 0 aliphatic heterocycles. The van der Waals surface area contributed by atoms with Crippen molar-refractivity contribution in [2.24, 2.45) is 0 Å². The summed E-state index contributed by atoms with van der Waals surface area (Å²) in [7, 11) is 0. The van der Waals surface area contributed by atoms with Gasteiger partial charge in [-0.15, -0.1) is 0 Å². The molecule has 2 heterocycles. The molecule has 8 heteroatoms. The van der Waals surface area contributed by atoms with E-state index in [9.17, 15) is 14.4 Å². The average molecular weight is 482 g/mol. The van der Waals surface area contributed by atoms with Crippen LogP contribution in [0.25, 0.3) is 21.8 Å². The molecule has 0 saturated heterocycles. The predicted octanol–water partition coefficient (Wildman–Crippen LogP) is 3.72. The number of aromatic nitrogens is 4. The van der Waals surface area contributed by atoms with Gasteiger partial charge in [0.15, 0.2) is 5.52 Å². The zero-order chi connectivity index (χ0) is 25.2. The fourth-order valence-corrected chi connectivity index (χ4v) is 4.69. The van der Waals surface area contributed by atoms with E-state index >= 15 is 0 Å². The van der Waals surface area contributed by atoms with Crippen molar-refractivity contribution in [3.63, 3.8) is 0 Å². The van der Waals surface area contributed by atoms with E-state index in [2.05, 4.69) is 10.4 Å². The van der Waals surface area contributed by atoms with Crippen molar-refractivity contribution in [1.29, 1.82) is 0 Å². The van der Waals surface area contributed by atoms with Crippen LogP contribution >= 0.6 is 0 Å². The first-order valence-electron chi connectivity index (χ1n) is 12.0. The number of benzene rings is 3. The van der Waals surface area contributed by atoms with Crippen LogP contribution < -0.4 is 16.6 Å². The number of carbonyl (C=O) groups is 1. The Morgan fingerprint density at radius 3 is 2.39 bits per heavy atom. The molecule has 0 fully saturated rings. The number of nitrogens with one attached hydrogen (secondary N) is 1. The topological polar surface area (TPSA) is 90.9 Å². The second-order valence-corrected chi connectivity index (χ2v) is 8.73. The summed E-state index contributed by atoms with van der Waals surface area (Å²) in [5.41, 5.74) is 2.05. The molecule has 36 heavy (non-hydrogen) atoms. The first-order valence-corrected chi connectivity index (χ1v) is 12.0. The molecular weight excluding hydrogens is 454 g/mol. The Hall–Kier alpha value is -4.46. The minimum atomic E-state index is -0.518. The lowest BCUT2D eigenvalue weighted by Crippen LogP contribution is -2.42. The highest BCUT2D eigenvalue weighted by atomic mass is 16.2. The molecule has 0 unspecified atom stereocenters. The monoisotopic (exact) mass is 481 g/mol. The summed E-state index contributed by atoms with van der Waals surface area (Å²) in [6.07, 6.45) is 0.517. The lowest BCUT2D eigenvalue weighted by molar-refractivity contribution is -0.116. The third-order valence-electron chi connectivity index (χ3n) is 6.41. The quantitative estimate of drug-likeness (QED) is 0.384. The lowest BCUT2D eigenvalue weighted by Gasteiger charge is -2.14. The van der Waals surface area contributed by atoms with Gasteiger partial charge in [-0.1, -0.05) is 66.7 Å². The molecule has 182 valence electrons. The number of carbonyl (C=O) groups excluding carboxylic acids is 1. The third kappa shape index (κ3) is 4.22. The zero-order valence-electron chi connectivity index (χ0n) is 20.3. The molecule has 0 radical (unpaired) electrons. The molecular formula is C28H27N5O3. The molecule has 1 N–H and O–H groups in total. The molecule has 0 spiro atoms. The average Bonchev–Trinajstić information content (AvgIpc) is 3.23. The van der Waals surface area contributed by atoms with Crippen LogP contribution in [-0.4, -0.2) is 24.8 Å². The number of aryl methyl sites for hydroxylation is 3. The highest BCUT2D eigenvalue weighted by molar-refractivity contribution is 6.02. The maximum absolute atomic E-state index is 13.6. The fourth-order valence-electron chi connectivity index (χ4n) is 4.69. The summed E-state index contributed by atoms with van der Waals surface area (Å²) in [5, 5.41) is 9.33. The number of amides is 1. The smallest absolute Gasteiger partial charge is 0.324 e. The highest BCUT2D eigenvalue weighted by Crippen LogP contribution is 2.23. The molecule has 0 atom stereocenters. The first kappa shape index (κ1) is 23.3. The molecule has 8 nitrogen and oxygen atoms in total. The minimum Gasteiger partial charge on any atom is -0.324 e. The largest absolute Gasteiger partial charge is 0.332 e. The van der Waals surface area contributed by atoms with E-state index in [0.717, 1.165) is 16.3 Å². The van der Waals surface area contributed by atoms with Gasteiger partial charge in [0.1, 0.15) is 12.1 Å². The Bertz CT molecular complexity index is 1690. The van der Waals surface area contributed by atoms with Gasteiger partial charge < -0.3 is 5.32 Å². The van der Waals surface area contributed by atoms with Gasteiger partial charge in [-0.05, 0) is 37.3 Å². The molecule has 0 aliphatic carbocycles. The maximum atomic E-state index is 13.6. The Labute approximate surface area is 207 Å². The SMILES string of the molecule is CCn1nc(C)c2c1c(=O)n(CCc1ccccc1)c(=O)n2CC(=O)Nc1cccc2ccccc12. The molecule has 5 rings (SSSR count). The van der Waals surface area contributed by atoms with Crippen LogP contribution in [0.1, 0.15) is 18.2 Å². The van der Waals surface area contributed by atoms with Gasteiger partial charge in [0.2, 0.25) is 5.91 Å². The summed E-state index contributed by atoms with van der Waals surface area (Å²) in [6, 6.07) is 23.1. The van der Waals surface area contributed by atoms with E-state index in [0.29, 0.717) is 35.4 Å². The van der Waals surface area contributed by atoms with E-state index in [-0.39, 0.29) is 24.6 Å². The number of fused-ring (bicyclic) bond motifs is 2. The van der Waals surface area contributed by atoms with Gasteiger partial charge in [-0.25, -0.2) is 4.79 Å². The highest BCUT2D eigenvalue weighted by Gasteiger charge is 2.21. The molecule has 0 saturated carbocycles. The molecule has 2 aromatic heterocycles. The van der Waals surface area contributed by atoms with Crippen molar-refractivity contribution < 1.29 is 4.79 Å². The third-order valence-corrected chi connectivity index (χ3v) is 6.41. The van der Waals surface area contributed by atoms with Gasteiger partial charge in [0, 0.05) is 24.2 Å². The van der Waals surface area contributed by atoms with Crippen molar-refractivity contribution in [2.75, 3.05) is 5.32 Å². The van der Waals surface area contributed by atoms with Crippen molar-refractivity contribution >= 4 is 33.4 Å². The predicted molar refractivity (Wildman–Crippen MR) is 141 cm³/mol. The van der Waals surface area contributed by atoms with Gasteiger partial charge >= 0.3 is 5.69 Å². The zero-order valence-corrected chi connectivity index (χ0v) is 20.3. The molecule has 1 amide bonds. The maximum Gasteiger partial charge on any atom is 0.332 e. The van der Waals surface area contributed by atoms with Crippen LogP contribution in [0.2, 0.25) is 0 Å². The molecule has 0 aliphatic rings. The van der Waals surface area contributed by atoms with Crippen LogP contribution in [0.3, 0.4) is 0 Å². The molecule has 3 aromatic carbocycles. The van der Waals surface area contributed by atoms with Crippen LogP contribution in [0, 0.1) is 6.92 Å². The minimum absolute atomic E-state index is 0.205. The Morgan fingerprint density at radius 2 is 1.61 bits per heavy atom. The standard InChI is InChI=1S/C28H27N5O3/c1-3-33-26-25(19(2)30-33)32(28(36)31(27(26)35)17-16-20-10-5-4-6-11-20)18-24(34)29-23-15-9-13-21-12-7-8-14-22(21)23/h4-15H,3,16-18H2,1-2H3,(H,29,34). The Kier molecular flexibility index (Phi) is 6.25. The summed E-state index contributed by atoms with van der Waals surface area (Å²) in [4.78, 5) is 40.2. The molecule has 5 aromatic rings. The van der Waals surface area contributed by atoms with Gasteiger partial charge in [-0.3, -0.25) is 23.4 Å². The summed E-state index contributed by atoms with van der Waals surface area (Å²) in [6.45, 7) is 4.08. The van der Waals surface area contributed by atoms with Gasteiger partial charge in [0.25, 0.3) is 5.56 Å². The summed E-state index contributed by atoms with van der Waals surface area (Å²) < 4.78 is 4.19. The van der Waals surface area contributed by atoms with Crippen LogP contribution in [0.5, 0.6) is 0 Å². The first-order chi connectivity index (χ1) is 17.5. The van der Waals surface area contributed by atoms with Crippen molar-refractivity contribution in [1.82, 2.24) is 18.9 Å². The van der Waals surface area contributed by atoms with E-state index in [1.54, 1.807) is 11.6 Å². The summed E-state index contributed by atoms with van der Waals surface area (Å²) in [5.74, 6) is -0.355. The van der Waals surface area contributed by atoms with E-state index in [1.807, 2.05) is 79.7 Å². The Balaban J connectivity index is 1.56. The molecule has 0 bridgehead atoms. The van der Waals surface area contributed by atoms with Crippen molar-refractivity contribution in [2.45, 2.75) is 39.9 Å². The second kappa shape index (κ2) is 9.65. The van der Waals surface area contributed by atoms with E-state index in [1.165, 1.54) is 9.13 Å². The van der Waals surface area contributed by atoms with Crippen molar-refractivity contribution in [3.05, 3.63) is 105 Å². The van der Waals surface area contributed by atoms with E-state index in [4.69, 9.17) is 0 Å². The number of hydrogen-bond donors (Lipinski definition) is 1. The van der Waals surface area contributed by atoms with Gasteiger partial charge in [0.05, 0.1) is 5.69 Å². The number of nitrogens with zero attached hydrogens (tertiary/aromatic N) is 4. The Morgan fingerprint density at radius 1 is 0.889 bits per heavy atom. The summed E-state index contributed by atoms with van der Waals surface area (Å²) >= 11 is 0. The van der Waals surface area contributed by atoms with Crippen LogP contribution in [0.4, 0.5) is 5.69 Å².